The van der Waals surface area contributed by atoms with Crippen molar-refractivity contribution in [3.63, 3.8) is 0 Å². The maximum atomic E-state index is 10.8. The van der Waals surface area contributed by atoms with E-state index in [9.17, 15) is 10.1 Å². The Labute approximate surface area is 172 Å². The summed E-state index contributed by atoms with van der Waals surface area (Å²) in [6.45, 7) is 4.53. The van der Waals surface area contributed by atoms with E-state index in [1.54, 1.807) is 12.1 Å². The first kappa shape index (κ1) is 19.8. The molecule has 1 fully saturated rings. The van der Waals surface area contributed by atoms with Crippen LogP contribution in [0.5, 0.6) is 5.75 Å². The van der Waals surface area contributed by atoms with Gasteiger partial charge < -0.3 is 9.64 Å². The van der Waals surface area contributed by atoms with Crippen LogP contribution in [0.25, 0.3) is 0 Å². The zero-order valence-electron chi connectivity index (χ0n) is 15.1. The first-order chi connectivity index (χ1) is 12.9. The summed E-state index contributed by atoms with van der Waals surface area (Å²) in [6.07, 6.45) is 2.29. The summed E-state index contributed by atoms with van der Waals surface area (Å²) in [5.41, 5.74) is 1.84. The van der Waals surface area contributed by atoms with E-state index < -0.39 is 4.92 Å². The van der Waals surface area contributed by atoms with Gasteiger partial charge in [0.2, 0.25) is 0 Å². The predicted octanol–water partition coefficient (Wildman–Crippen LogP) is 5.34. The quantitative estimate of drug-likeness (QED) is 0.350. The third kappa shape index (κ3) is 5.05. The Morgan fingerprint density at radius 2 is 1.93 bits per heavy atom. The minimum Gasteiger partial charge on any atom is -0.488 e. The van der Waals surface area contributed by atoms with Gasteiger partial charge in [0.05, 0.1) is 10.5 Å². The molecule has 1 saturated heterocycles. The summed E-state index contributed by atoms with van der Waals surface area (Å²) in [6, 6.07) is 12.2. The smallest absolute Gasteiger partial charge is 0.269 e. The summed E-state index contributed by atoms with van der Waals surface area (Å²) in [7, 11) is 0. The molecule has 1 aliphatic rings. The molecule has 0 aliphatic carbocycles. The Bertz CT molecular complexity index is 834. The van der Waals surface area contributed by atoms with Gasteiger partial charge in [0, 0.05) is 29.7 Å². The number of likely N-dealkylation sites (tertiary alicyclic amines) is 1. The van der Waals surface area contributed by atoms with Gasteiger partial charge in [-0.3, -0.25) is 10.1 Å². The zero-order valence-corrected chi connectivity index (χ0v) is 17.5. The van der Waals surface area contributed by atoms with Crippen LogP contribution in [0, 0.1) is 16.0 Å². The molecule has 7 heteroatoms. The second-order valence-corrected chi connectivity index (χ2v) is 8.13. The fourth-order valence-electron chi connectivity index (χ4n) is 3.05. The molecule has 2 aromatic rings. The summed E-state index contributed by atoms with van der Waals surface area (Å²) < 4.78 is 6.96. The van der Waals surface area contributed by atoms with Crippen LogP contribution in [-0.2, 0) is 6.61 Å². The molecular weight excluding hydrogens is 428 g/mol. The van der Waals surface area contributed by atoms with Gasteiger partial charge in [-0.25, -0.2) is 0 Å². The molecule has 5 nitrogen and oxygen atoms in total. The van der Waals surface area contributed by atoms with Crippen molar-refractivity contribution in [2.45, 2.75) is 26.4 Å². The van der Waals surface area contributed by atoms with E-state index in [0.717, 1.165) is 58.2 Å². The molecule has 0 bridgehead atoms. The Hall–Kier alpha value is -1.99. The van der Waals surface area contributed by atoms with Gasteiger partial charge in [0.1, 0.15) is 17.3 Å². The monoisotopic (exact) mass is 448 g/mol. The van der Waals surface area contributed by atoms with E-state index in [2.05, 4.69) is 27.8 Å². The average Bonchev–Trinajstić information content (AvgIpc) is 2.67. The van der Waals surface area contributed by atoms with Crippen LogP contribution in [0.1, 0.15) is 30.9 Å². The largest absolute Gasteiger partial charge is 0.488 e. The molecule has 0 unspecified atom stereocenters. The fourth-order valence-corrected chi connectivity index (χ4v) is 3.76. The standard InChI is InChI=1S/C20H21BrN2O3S/c1-14-8-10-22(11-9-14)20(27)18-12-16(21)4-7-19(18)26-13-15-2-5-17(6-3-15)23(24)25/h2-7,12,14H,8-11,13H2,1H3. The van der Waals surface area contributed by atoms with Gasteiger partial charge in [-0.2, -0.15) is 0 Å². The maximum absolute atomic E-state index is 10.8. The minimum absolute atomic E-state index is 0.0728. The van der Waals surface area contributed by atoms with Crippen molar-refractivity contribution < 1.29 is 9.66 Å². The van der Waals surface area contributed by atoms with Crippen molar-refractivity contribution in [3.8, 4) is 5.75 Å². The highest BCUT2D eigenvalue weighted by Crippen LogP contribution is 2.28. The van der Waals surface area contributed by atoms with Gasteiger partial charge in [-0.15, -0.1) is 0 Å². The van der Waals surface area contributed by atoms with Crippen LogP contribution in [0.2, 0.25) is 0 Å². The lowest BCUT2D eigenvalue weighted by Gasteiger charge is -2.33. The van der Waals surface area contributed by atoms with Gasteiger partial charge in [-0.05, 0) is 54.7 Å². The maximum Gasteiger partial charge on any atom is 0.269 e. The number of nitro benzene ring substituents is 1. The first-order valence-corrected chi connectivity index (χ1v) is 10.1. The molecule has 1 heterocycles. The van der Waals surface area contributed by atoms with Crippen molar-refractivity contribution in [2.75, 3.05) is 13.1 Å². The lowest BCUT2D eigenvalue weighted by molar-refractivity contribution is -0.384. The van der Waals surface area contributed by atoms with Gasteiger partial charge >= 0.3 is 0 Å². The molecule has 0 atom stereocenters. The van der Waals surface area contributed by atoms with Crippen LogP contribution in [0.3, 0.4) is 0 Å². The number of ether oxygens (including phenoxy) is 1. The van der Waals surface area contributed by atoms with Gasteiger partial charge in [0.15, 0.2) is 0 Å². The Morgan fingerprint density at radius 3 is 2.56 bits per heavy atom. The lowest BCUT2D eigenvalue weighted by Crippen LogP contribution is -2.37. The topological polar surface area (TPSA) is 55.6 Å². The number of piperidine rings is 1. The fraction of sp³-hybridized carbons (Fsp3) is 0.350. The van der Waals surface area contributed by atoms with Gasteiger partial charge in [0.25, 0.3) is 5.69 Å². The number of nitro groups is 1. The summed E-state index contributed by atoms with van der Waals surface area (Å²) in [4.78, 5) is 13.4. The Morgan fingerprint density at radius 1 is 1.26 bits per heavy atom. The molecule has 0 amide bonds. The molecule has 0 N–H and O–H groups in total. The summed E-state index contributed by atoms with van der Waals surface area (Å²) >= 11 is 9.27. The van der Waals surface area contributed by atoms with Crippen molar-refractivity contribution in [3.05, 3.63) is 68.2 Å². The van der Waals surface area contributed by atoms with Crippen LogP contribution in [-0.4, -0.2) is 27.9 Å². The number of benzene rings is 2. The molecule has 142 valence electrons. The minimum atomic E-state index is -0.407. The van der Waals surface area contributed by atoms with Gasteiger partial charge in [-0.1, -0.05) is 35.1 Å². The third-order valence-corrected chi connectivity index (χ3v) is 5.76. The third-order valence-electron chi connectivity index (χ3n) is 4.78. The SMILES string of the molecule is CC1CCN(C(=S)c2cc(Br)ccc2OCc2ccc([N+](=O)[O-])cc2)CC1. The van der Waals surface area contributed by atoms with Crippen molar-refractivity contribution in [1.29, 1.82) is 0 Å². The molecule has 3 rings (SSSR count). The van der Waals surface area contributed by atoms with E-state index in [4.69, 9.17) is 17.0 Å². The number of non-ortho nitro benzene ring substituents is 1. The van der Waals surface area contributed by atoms with Crippen molar-refractivity contribution in [1.82, 2.24) is 4.90 Å². The van der Waals surface area contributed by atoms with E-state index in [-0.39, 0.29) is 5.69 Å². The number of nitrogens with zero attached hydrogens (tertiary/aromatic N) is 2. The number of hydrogen-bond donors (Lipinski definition) is 0. The van der Waals surface area contributed by atoms with Crippen LogP contribution < -0.4 is 4.74 Å². The average molecular weight is 449 g/mol. The second-order valence-electron chi connectivity index (χ2n) is 6.83. The van der Waals surface area contributed by atoms with E-state index in [0.29, 0.717) is 6.61 Å². The van der Waals surface area contributed by atoms with E-state index >= 15 is 0 Å². The first-order valence-electron chi connectivity index (χ1n) is 8.89. The Balaban J connectivity index is 1.73. The zero-order chi connectivity index (χ0) is 19.4. The molecule has 0 aromatic heterocycles. The van der Waals surface area contributed by atoms with Crippen molar-refractivity contribution >= 4 is 38.8 Å². The molecule has 27 heavy (non-hydrogen) atoms. The number of hydrogen-bond acceptors (Lipinski definition) is 4. The number of thiocarbonyl (C=S) groups is 1. The van der Waals surface area contributed by atoms with Crippen molar-refractivity contribution in [2.24, 2.45) is 5.92 Å². The second kappa shape index (κ2) is 8.80. The summed E-state index contributed by atoms with van der Waals surface area (Å²) in [5.74, 6) is 1.46. The van der Waals surface area contributed by atoms with Crippen LogP contribution in [0.15, 0.2) is 46.9 Å². The lowest BCUT2D eigenvalue weighted by atomic mass is 9.99. The normalized spacial score (nSPS) is 14.8. The van der Waals surface area contributed by atoms with E-state index in [1.165, 1.54) is 12.1 Å². The molecule has 0 radical (unpaired) electrons. The van der Waals surface area contributed by atoms with E-state index in [1.807, 2.05) is 18.2 Å². The Kier molecular flexibility index (Phi) is 6.44. The number of halogens is 1. The van der Waals surface area contributed by atoms with Crippen LogP contribution >= 0.6 is 28.1 Å². The molecule has 1 aliphatic heterocycles. The molecule has 2 aromatic carbocycles. The highest BCUT2D eigenvalue weighted by atomic mass is 79.9. The molecule has 0 spiro atoms. The molecule has 0 saturated carbocycles. The summed E-state index contributed by atoms with van der Waals surface area (Å²) in [5, 5.41) is 10.8. The highest BCUT2D eigenvalue weighted by Gasteiger charge is 2.21. The molecular formula is C20H21BrN2O3S. The number of rotatable bonds is 5. The predicted molar refractivity (Wildman–Crippen MR) is 113 cm³/mol. The van der Waals surface area contributed by atoms with Crippen LogP contribution in [0.4, 0.5) is 5.69 Å². The highest BCUT2D eigenvalue weighted by molar-refractivity contribution is 9.10.